The topological polar surface area (TPSA) is 28.7 Å². The molecule has 3 aromatic carbocycles. The summed E-state index contributed by atoms with van der Waals surface area (Å²) in [5, 5.41) is 2.67. The first-order valence-corrected chi connectivity index (χ1v) is 7.54. The van der Waals surface area contributed by atoms with Crippen molar-refractivity contribution < 1.29 is 0 Å². The number of fused-ring (bicyclic) bond motifs is 1. The lowest BCUT2D eigenvalue weighted by Gasteiger charge is -2.22. The van der Waals surface area contributed by atoms with Crippen molar-refractivity contribution in [2.24, 2.45) is 0 Å². The van der Waals surface area contributed by atoms with Gasteiger partial charge in [0.25, 0.3) is 0 Å². The molecule has 1 unspecified atom stereocenters. The lowest BCUT2D eigenvalue weighted by molar-refractivity contribution is 1.05. The minimum absolute atomic E-state index is 0.255. The summed E-state index contributed by atoms with van der Waals surface area (Å²) in [6.45, 7) is 0. The van der Waals surface area contributed by atoms with Gasteiger partial charge >= 0.3 is 0 Å². The van der Waals surface area contributed by atoms with Gasteiger partial charge < -0.3 is 4.98 Å². The molecule has 22 heavy (non-hydrogen) atoms. The van der Waals surface area contributed by atoms with E-state index < -0.39 is 0 Å². The van der Waals surface area contributed by atoms with Crippen molar-refractivity contribution in [2.45, 2.75) is 5.92 Å². The Morgan fingerprint density at radius 3 is 2.64 bits per heavy atom. The number of hydrogen-bond donors (Lipinski definition) is 1. The number of aromatic amines is 1. The van der Waals surface area contributed by atoms with Gasteiger partial charge in [0.1, 0.15) is 0 Å². The van der Waals surface area contributed by atoms with Crippen molar-refractivity contribution in [1.82, 2.24) is 9.97 Å². The molecule has 0 radical (unpaired) electrons. The molecule has 2 nitrogen and oxygen atoms in total. The number of allylic oxidation sites excluding steroid dienone is 1. The number of benzene rings is 3. The number of rotatable bonds is 1. The molecular weight excluding hydrogens is 268 g/mol. The smallest absolute Gasteiger partial charge is 0.0932 e. The molecule has 0 aliphatic heterocycles. The molecule has 2 heteroatoms. The lowest BCUT2D eigenvalue weighted by atomic mass is 9.82. The standard InChI is InChI=1S/C20H14N2/c1-4-13-6-2-7-16-15(11-10-14(5-1)19(13)16)17-8-3-9-18-20(17)22-12-21-18/h1-12,15H,(H,21,22). The van der Waals surface area contributed by atoms with Gasteiger partial charge in [-0.05, 0) is 33.5 Å². The molecule has 104 valence electrons. The van der Waals surface area contributed by atoms with E-state index in [-0.39, 0.29) is 5.92 Å². The van der Waals surface area contributed by atoms with Crippen LogP contribution in [-0.4, -0.2) is 9.97 Å². The van der Waals surface area contributed by atoms with E-state index in [1.165, 1.54) is 27.5 Å². The first-order chi connectivity index (χ1) is 10.9. The minimum Gasteiger partial charge on any atom is -0.345 e. The second-order valence-electron chi connectivity index (χ2n) is 5.78. The number of H-pyrrole nitrogens is 1. The molecule has 1 aliphatic carbocycles. The zero-order valence-electron chi connectivity index (χ0n) is 12.0. The Kier molecular flexibility index (Phi) is 2.30. The molecule has 5 rings (SSSR count). The van der Waals surface area contributed by atoms with Crippen LogP contribution in [0.3, 0.4) is 0 Å². The van der Waals surface area contributed by atoms with Gasteiger partial charge in [-0.15, -0.1) is 0 Å². The number of nitrogens with zero attached hydrogens (tertiary/aromatic N) is 1. The molecule has 1 aliphatic rings. The van der Waals surface area contributed by atoms with E-state index in [1.807, 2.05) is 0 Å². The quantitative estimate of drug-likeness (QED) is 0.530. The van der Waals surface area contributed by atoms with Crippen LogP contribution in [0.1, 0.15) is 22.6 Å². The highest BCUT2D eigenvalue weighted by molar-refractivity contribution is 5.97. The average molecular weight is 282 g/mol. The van der Waals surface area contributed by atoms with Crippen molar-refractivity contribution in [3.63, 3.8) is 0 Å². The Morgan fingerprint density at radius 2 is 1.68 bits per heavy atom. The number of nitrogens with one attached hydrogen (secondary N) is 1. The van der Waals surface area contributed by atoms with E-state index in [0.29, 0.717) is 0 Å². The number of hydrogen-bond acceptors (Lipinski definition) is 1. The third-order valence-corrected chi connectivity index (χ3v) is 4.59. The van der Waals surface area contributed by atoms with Crippen LogP contribution in [0.2, 0.25) is 0 Å². The molecule has 1 heterocycles. The van der Waals surface area contributed by atoms with Crippen molar-refractivity contribution in [3.8, 4) is 0 Å². The van der Waals surface area contributed by atoms with Crippen molar-refractivity contribution in [3.05, 3.63) is 83.7 Å². The van der Waals surface area contributed by atoms with Crippen LogP contribution in [0, 0.1) is 0 Å². The highest BCUT2D eigenvalue weighted by Gasteiger charge is 2.21. The van der Waals surface area contributed by atoms with E-state index in [2.05, 4.69) is 76.7 Å². The van der Waals surface area contributed by atoms with Crippen LogP contribution in [0.15, 0.2) is 67.0 Å². The van der Waals surface area contributed by atoms with Gasteiger partial charge in [-0.3, -0.25) is 0 Å². The fraction of sp³-hybridized carbons (Fsp3) is 0.0500. The van der Waals surface area contributed by atoms with Crippen LogP contribution >= 0.6 is 0 Å². The predicted octanol–water partition coefficient (Wildman–Crippen LogP) is 4.87. The third kappa shape index (κ3) is 1.52. The first-order valence-electron chi connectivity index (χ1n) is 7.54. The van der Waals surface area contributed by atoms with Crippen LogP contribution in [0.4, 0.5) is 0 Å². The van der Waals surface area contributed by atoms with Gasteiger partial charge in [-0.2, -0.15) is 0 Å². The fourth-order valence-corrected chi connectivity index (χ4v) is 3.61. The summed E-state index contributed by atoms with van der Waals surface area (Å²) in [7, 11) is 0. The predicted molar refractivity (Wildman–Crippen MR) is 90.9 cm³/mol. The Hall–Kier alpha value is -2.87. The summed E-state index contributed by atoms with van der Waals surface area (Å²) in [6, 6.07) is 19.4. The van der Waals surface area contributed by atoms with Crippen molar-refractivity contribution >= 4 is 27.9 Å². The average Bonchev–Trinajstić information content (AvgIpc) is 3.05. The van der Waals surface area contributed by atoms with E-state index in [0.717, 1.165) is 11.0 Å². The normalized spacial score (nSPS) is 16.5. The maximum atomic E-state index is 4.52. The van der Waals surface area contributed by atoms with Crippen LogP contribution < -0.4 is 0 Å². The maximum Gasteiger partial charge on any atom is 0.0932 e. The first kappa shape index (κ1) is 11.8. The van der Waals surface area contributed by atoms with Crippen LogP contribution in [0.5, 0.6) is 0 Å². The lowest BCUT2D eigenvalue weighted by Crippen LogP contribution is -2.04. The van der Waals surface area contributed by atoms with Gasteiger partial charge in [-0.25, -0.2) is 4.98 Å². The summed E-state index contributed by atoms with van der Waals surface area (Å²) >= 11 is 0. The molecule has 4 aromatic rings. The molecule has 0 bridgehead atoms. The van der Waals surface area contributed by atoms with E-state index in [9.17, 15) is 0 Å². The Balaban J connectivity index is 1.83. The number of aromatic nitrogens is 2. The van der Waals surface area contributed by atoms with Crippen LogP contribution in [0.25, 0.3) is 27.9 Å². The monoisotopic (exact) mass is 282 g/mol. The summed E-state index contributed by atoms with van der Waals surface area (Å²) in [5.74, 6) is 0.255. The molecule has 0 amide bonds. The second-order valence-corrected chi connectivity index (χ2v) is 5.78. The van der Waals surface area contributed by atoms with Crippen molar-refractivity contribution in [2.75, 3.05) is 0 Å². The molecule has 1 aromatic heterocycles. The Labute approximate surface area is 128 Å². The second kappa shape index (κ2) is 4.31. The molecule has 1 N–H and O–H groups in total. The van der Waals surface area contributed by atoms with E-state index >= 15 is 0 Å². The Morgan fingerprint density at radius 1 is 0.864 bits per heavy atom. The molecule has 0 saturated carbocycles. The minimum atomic E-state index is 0.255. The molecule has 0 saturated heterocycles. The Bertz CT molecular complexity index is 1030. The van der Waals surface area contributed by atoms with E-state index in [1.54, 1.807) is 6.33 Å². The SMILES string of the molecule is C1=CC(c2cccc3[nH]cnc23)c2cccc3cccc1c23. The van der Waals surface area contributed by atoms with Gasteiger partial charge in [0.15, 0.2) is 0 Å². The number of imidazole rings is 1. The summed E-state index contributed by atoms with van der Waals surface area (Å²) < 4.78 is 0. The molecule has 0 fully saturated rings. The third-order valence-electron chi connectivity index (χ3n) is 4.59. The maximum absolute atomic E-state index is 4.52. The van der Waals surface area contributed by atoms with Gasteiger partial charge in [0, 0.05) is 5.92 Å². The fourth-order valence-electron chi connectivity index (χ4n) is 3.61. The van der Waals surface area contributed by atoms with Gasteiger partial charge in [0.2, 0.25) is 0 Å². The molecule has 0 spiro atoms. The molecular formula is C20H14N2. The van der Waals surface area contributed by atoms with Gasteiger partial charge in [0.05, 0.1) is 17.4 Å². The highest BCUT2D eigenvalue weighted by Crippen LogP contribution is 2.39. The van der Waals surface area contributed by atoms with Gasteiger partial charge in [-0.1, -0.05) is 60.7 Å². The summed E-state index contributed by atoms with van der Waals surface area (Å²) in [5.41, 5.74) is 6.09. The molecule has 1 atom stereocenters. The summed E-state index contributed by atoms with van der Waals surface area (Å²) in [4.78, 5) is 7.73. The van der Waals surface area contributed by atoms with Crippen molar-refractivity contribution in [1.29, 1.82) is 0 Å². The largest absolute Gasteiger partial charge is 0.345 e. The van der Waals surface area contributed by atoms with E-state index in [4.69, 9.17) is 0 Å². The number of para-hydroxylation sites is 1. The zero-order chi connectivity index (χ0) is 14.5. The zero-order valence-corrected chi connectivity index (χ0v) is 12.0. The highest BCUT2D eigenvalue weighted by atomic mass is 14.9. The van der Waals surface area contributed by atoms with Crippen LogP contribution in [-0.2, 0) is 0 Å². The summed E-state index contributed by atoms with van der Waals surface area (Å²) in [6.07, 6.45) is 6.31.